The van der Waals surface area contributed by atoms with Crippen molar-refractivity contribution < 1.29 is 30.5 Å². The van der Waals surface area contributed by atoms with Gasteiger partial charge in [0.15, 0.2) is 11.0 Å². The van der Waals surface area contributed by atoms with Crippen molar-refractivity contribution in [1.29, 1.82) is 0 Å². The molecule has 4 rings (SSSR count). The average molecular weight is 616 g/mol. The van der Waals surface area contributed by atoms with Gasteiger partial charge in [-0.05, 0) is 61.2 Å². The van der Waals surface area contributed by atoms with Gasteiger partial charge in [-0.25, -0.2) is 18.0 Å². The number of H-pyrrole nitrogens is 1. The molecule has 1 aromatic heterocycles. The Hall–Kier alpha value is -2.61. The molecule has 0 aliphatic carbocycles. The molecule has 0 bridgehead atoms. The maximum absolute atomic E-state index is 11.3. The van der Waals surface area contributed by atoms with E-state index in [1.165, 1.54) is 0 Å². The number of benzene rings is 2. The molecule has 3 N–H and O–H groups in total. The van der Waals surface area contributed by atoms with Gasteiger partial charge in [0, 0.05) is 34.5 Å². The number of nitrogens with one attached hydrogen (secondary N) is 2. The van der Waals surface area contributed by atoms with Gasteiger partial charge in [0.2, 0.25) is 0 Å². The maximum Gasteiger partial charge on any atom is 0.280 e. The average Bonchev–Trinajstić information content (AvgIpc) is 3.34. The van der Waals surface area contributed by atoms with Crippen LogP contribution >= 0.6 is 23.2 Å². The Labute approximate surface area is 237 Å². The first-order valence-electron chi connectivity index (χ1n) is 12.2. The van der Waals surface area contributed by atoms with E-state index < -0.39 is 26.0 Å². The van der Waals surface area contributed by atoms with E-state index in [2.05, 4.69) is 10.3 Å². The van der Waals surface area contributed by atoms with Crippen LogP contribution in [-0.2, 0) is 26.8 Å². The molecular weight excluding hydrogens is 587 g/mol. The smallest absolute Gasteiger partial charge is 0.280 e. The Balaban J connectivity index is 1.71. The fraction of sp³-hybridized carbons (Fsp3) is 0.320. The number of aromatic amines is 1. The summed E-state index contributed by atoms with van der Waals surface area (Å²) in [6.07, 6.45) is 4.83. The van der Waals surface area contributed by atoms with Gasteiger partial charge in [0.1, 0.15) is 5.82 Å². The van der Waals surface area contributed by atoms with Crippen molar-refractivity contribution in [2.45, 2.75) is 32.7 Å². The lowest BCUT2D eigenvalue weighted by Crippen LogP contribution is -2.36. The summed E-state index contributed by atoms with van der Waals surface area (Å²) < 4.78 is 67.2. The Morgan fingerprint density at radius 3 is 2.49 bits per heavy atom. The maximum atomic E-state index is 11.3. The van der Waals surface area contributed by atoms with Crippen LogP contribution in [0.3, 0.4) is 0 Å². The molecule has 210 valence electrons. The van der Waals surface area contributed by atoms with Crippen LogP contribution in [0.2, 0.25) is 10.0 Å². The number of hydrogen-bond donors (Lipinski definition) is 3. The van der Waals surface area contributed by atoms with Crippen LogP contribution in [0, 0.1) is 0 Å². The van der Waals surface area contributed by atoms with Crippen LogP contribution in [0.25, 0.3) is 17.1 Å². The highest BCUT2D eigenvalue weighted by Gasteiger charge is 2.25. The molecule has 2 aromatic carbocycles. The first-order valence-corrected chi connectivity index (χ1v) is 16.1. The Morgan fingerprint density at radius 1 is 1.08 bits per heavy atom. The summed E-state index contributed by atoms with van der Waals surface area (Å²) in [4.78, 5) is 5.25. The van der Waals surface area contributed by atoms with Crippen LogP contribution in [0.4, 0.5) is 11.4 Å². The topological polar surface area (TPSA) is 147 Å². The van der Waals surface area contributed by atoms with E-state index >= 15 is 0 Å². The standard InChI is InChI=1S/C25H28Cl2N4O6S2/c1-2-17(13-24-28-20-7-5-18(26)15-22(20)30(24)9-3-11-38(32,33)34)14-25-29-21-8-6-19(27)16-23(21)31(25)10-4-12-39(35,36)37/h5-8,13-16H,2-4,9-12H2,1H3,(H3,28,29,32,33,34,35,36,37). The second-order valence-corrected chi connectivity index (χ2v) is 13.1. The summed E-state index contributed by atoms with van der Waals surface area (Å²) in [5.41, 5.74) is 4.06. The number of aromatic nitrogens is 2. The highest BCUT2D eigenvalue weighted by atomic mass is 35.5. The summed E-state index contributed by atoms with van der Waals surface area (Å²) in [7, 11) is -8.45. The Bertz CT molecular complexity index is 1670. The number of nitrogens with zero attached hydrogens (tertiary/aromatic N) is 2. The number of imidazole rings is 1. The molecule has 0 spiro atoms. The fourth-order valence-electron chi connectivity index (χ4n) is 4.45. The van der Waals surface area contributed by atoms with Crippen molar-refractivity contribution in [3.05, 3.63) is 69.7 Å². The molecule has 39 heavy (non-hydrogen) atoms. The molecule has 0 saturated heterocycles. The zero-order valence-corrected chi connectivity index (χ0v) is 24.2. The third-order valence-corrected chi connectivity index (χ3v) is 8.28. The predicted octanol–water partition coefficient (Wildman–Crippen LogP) is 4.54. The molecule has 2 heterocycles. The third kappa shape index (κ3) is 7.74. The molecule has 0 radical (unpaired) electrons. The molecule has 3 aromatic rings. The number of anilines is 2. The van der Waals surface area contributed by atoms with E-state index in [0.29, 0.717) is 34.7 Å². The number of aryl methyl sites for hydroxylation is 1. The minimum atomic E-state index is -4.35. The van der Waals surface area contributed by atoms with Gasteiger partial charge in [-0.15, -0.1) is 0 Å². The first kappa shape index (κ1) is 29.4. The Kier molecular flexibility index (Phi) is 8.94. The molecule has 0 fully saturated rings. The van der Waals surface area contributed by atoms with Crippen molar-refractivity contribution in [3.63, 3.8) is 0 Å². The molecule has 0 unspecified atom stereocenters. The van der Waals surface area contributed by atoms with Crippen molar-refractivity contribution in [1.82, 2.24) is 4.98 Å². The quantitative estimate of drug-likeness (QED) is 0.211. The SMILES string of the molecule is CCC(=Cc1[nH]c2ccc(Cl)cc2[n+]1CCCS(=O)(=O)[O-])C=C1Nc2ccc(Cl)cc2N1CCCS(=O)(=O)O. The molecule has 10 nitrogen and oxygen atoms in total. The fourth-order valence-corrected chi connectivity index (χ4v) is 5.76. The lowest BCUT2D eigenvalue weighted by atomic mass is 10.1. The number of halogens is 2. The monoisotopic (exact) mass is 614 g/mol. The lowest BCUT2D eigenvalue weighted by molar-refractivity contribution is -0.672. The van der Waals surface area contributed by atoms with Gasteiger partial charge in [0.05, 0.1) is 33.8 Å². The first-order chi connectivity index (χ1) is 18.3. The van der Waals surface area contributed by atoms with Gasteiger partial charge in [-0.2, -0.15) is 8.42 Å². The third-order valence-electron chi connectivity index (χ3n) is 6.22. The highest BCUT2D eigenvalue weighted by molar-refractivity contribution is 7.85. The highest BCUT2D eigenvalue weighted by Crippen LogP contribution is 2.39. The number of allylic oxidation sites excluding steroid dienone is 2. The number of rotatable bonds is 11. The predicted molar refractivity (Wildman–Crippen MR) is 152 cm³/mol. The molecule has 14 heteroatoms. The van der Waals surface area contributed by atoms with E-state index in [-0.39, 0.29) is 25.1 Å². The van der Waals surface area contributed by atoms with E-state index in [1.54, 1.807) is 24.3 Å². The van der Waals surface area contributed by atoms with Crippen LogP contribution < -0.4 is 14.8 Å². The van der Waals surface area contributed by atoms with Gasteiger partial charge in [-0.3, -0.25) is 4.55 Å². The summed E-state index contributed by atoms with van der Waals surface area (Å²) in [5.74, 6) is 0.545. The van der Waals surface area contributed by atoms with Crippen LogP contribution in [0.5, 0.6) is 0 Å². The van der Waals surface area contributed by atoms with Gasteiger partial charge >= 0.3 is 0 Å². The van der Waals surface area contributed by atoms with E-state index in [4.69, 9.17) is 23.2 Å². The zero-order valence-electron chi connectivity index (χ0n) is 21.0. The van der Waals surface area contributed by atoms with Crippen molar-refractivity contribution in [3.8, 4) is 0 Å². The minimum absolute atomic E-state index is 0.137. The Morgan fingerprint density at radius 2 is 1.79 bits per heavy atom. The zero-order chi connectivity index (χ0) is 28.4. The van der Waals surface area contributed by atoms with Crippen molar-refractivity contribution in [2.75, 3.05) is 28.3 Å². The molecule has 1 aliphatic rings. The van der Waals surface area contributed by atoms with Crippen LogP contribution in [-0.4, -0.2) is 49.0 Å². The van der Waals surface area contributed by atoms with Crippen molar-refractivity contribution in [2.24, 2.45) is 0 Å². The molecule has 0 amide bonds. The molecule has 1 aliphatic heterocycles. The van der Waals surface area contributed by atoms with E-state index in [9.17, 15) is 25.9 Å². The van der Waals surface area contributed by atoms with Gasteiger partial charge < -0.3 is 14.8 Å². The number of fused-ring (bicyclic) bond motifs is 2. The van der Waals surface area contributed by atoms with Gasteiger partial charge in [-0.1, -0.05) is 30.1 Å². The molecular formula is C25H28Cl2N4O6S2. The van der Waals surface area contributed by atoms with Crippen LogP contribution in [0.15, 0.2) is 53.9 Å². The largest absolute Gasteiger partial charge is 0.748 e. The second-order valence-electron chi connectivity index (χ2n) is 9.12. The second kappa shape index (κ2) is 11.9. The van der Waals surface area contributed by atoms with Crippen molar-refractivity contribution >= 4 is 71.9 Å². The molecule has 0 atom stereocenters. The molecule has 0 saturated carbocycles. The minimum Gasteiger partial charge on any atom is -0.748 e. The van der Waals surface area contributed by atoms with E-state index in [1.807, 2.05) is 40.7 Å². The van der Waals surface area contributed by atoms with Crippen LogP contribution in [0.1, 0.15) is 32.0 Å². The van der Waals surface area contributed by atoms with E-state index in [0.717, 1.165) is 28.0 Å². The number of hydrogen-bond acceptors (Lipinski definition) is 7. The lowest BCUT2D eigenvalue weighted by Gasteiger charge is -2.20. The van der Waals surface area contributed by atoms with Gasteiger partial charge in [0.25, 0.3) is 15.9 Å². The summed E-state index contributed by atoms with van der Waals surface area (Å²) >= 11 is 12.4. The summed E-state index contributed by atoms with van der Waals surface area (Å²) in [6.45, 7) is 2.58. The summed E-state index contributed by atoms with van der Waals surface area (Å²) in [6, 6.07) is 10.7. The summed E-state index contributed by atoms with van der Waals surface area (Å²) in [5, 5.41) is 4.40. The normalized spacial score (nSPS) is 15.3.